The Morgan fingerprint density at radius 1 is 1.23 bits per heavy atom. The number of likely N-dealkylation sites (tertiary alicyclic amines) is 1. The highest BCUT2D eigenvalue weighted by Gasteiger charge is 2.31. The van der Waals surface area contributed by atoms with E-state index in [1.165, 1.54) is 4.88 Å². The molecule has 0 spiro atoms. The van der Waals surface area contributed by atoms with Crippen LogP contribution in [0.5, 0.6) is 0 Å². The number of amides is 1. The minimum absolute atomic E-state index is 0.217. The van der Waals surface area contributed by atoms with Crippen LogP contribution in [0.2, 0.25) is 0 Å². The smallest absolute Gasteiger partial charge is 0.237 e. The molecule has 3 heterocycles. The van der Waals surface area contributed by atoms with Crippen LogP contribution in [-0.2, 0) is 4.79 Å². The predicted octanol–water partition coefficient (Wildman–Crippen LogP) is 1.02. The van der Waals surface area contributed by atoms with Crippen LogP contribution in [0.15, 0.2) is 17.5 Å². The van der Waals surface area contributed by atoms with Gasteiger partial charge in [0.05, 0.1) is 19.2 Å². The molecule has 0 aromatic carbocycles. The Bertz CT molecular complexity index is 472. The average molecular weight is 323 g/mol. The van der Waals surface area contributed by atoms with Crippen LogP contribution in [0.4, 0.5) is 0 Å². The second-order valence-corrected chi connectivity index (χ2v) is 7.08. The van der Waals surface area contributed by atoms with Gasteiger partial charge in [0.1, 0.15) is 0 Å². The van der Waals surface area contributed by atoms with Crippen molar-refractivity contribution >= 4 is 17.2 Å². The molecular weight excluding hydrogens is 298 g/mol. The van der Waals surface area contributed by atoms with Crippen LogP contribution in [0.1, 0.15) is 23.8 Å². The largest absolute Gasteiger partial charge is 0.395 e. The zero-order valence-corrected chi connectivity index (χ0v) is 13.8. The molecule has 2 aliphatic heterocycles. The van der Waals surface area contributed by atoms with Gasteiger partial charge in [0.2, 0.25) is 5.91 Å². The number of aliphatic hydroxyl groups excluding tert-OH is 1. The van der Waals surface area contributed by atoms with Gasteiger partial charge in [0, 0.05) is 44.1 Å². The predicted molar refractivity (Wildman–Crippen MR) is 88.0 cm³/mol. The highest BCUT2D eigenvalue weighted by Crippen LogP contribution is 2.34. The fraction of sp³-hybridized carbons (Fsp3) is 0.688. The van der Waals surface area contributed by atoms with Gasteiger partial charge in [-0.3, -0.25) is 14.6 Å². The summed E-state index contributed by atoms with van der Waals surface area (Å²) in [5.41, 5.74) is 0. The van der Waals surface area contributed by atoms with E-state index in [4.69, 9.17) is 5.11 Å². The van der Waals surface area contributed by atoms with Crippen molar-refractivity contribution < 1.29 is 9.90 Å². The lowest BCUT2D eigenvalue weighted by atomic mass is 10.2. The lowest BCUT2D eigenvalue weighted by Crippen LogP contribution is -2.50. The summed E-state index contributed by atoms with van der Waals surface area (Å²) in [6.45, 7) is 6.13. The maximum Gasteiger partial charge on any atom is 0.237 e. The summed E-state index contributed by atoms with van der Waals surface area (Å²) in [6.07, 6.45) is 2.20. The molecule has 5 nitrogen and oxygen atoms in total. The van der Waals surface area contributed by atoms with E-state index in [0.29, 0.717) is 12.6 Å². The number of rotatable bonds is 5. The van der Waals surface area contributed by atoms with Crippen molar-refractivity contribution in [3.8, 4) is 0 Å². The topological polar surface area (TPSA) is 47.0 Å². The van der Waals surface area contributed by atoms with E-state index in [9.17, 15) is 4.79 Å². The lowest BCUT2D eigenvalue weighted by Gasteiger charge is -2.35. The van der Waals surface area contributed by atoms with E-state index in [0.717, 1.165) is 52.1 Å². The lowest BCUT2D eigenvalue weighted by molar-refractivity contribution is -0.133. The molecule has 1 aromatic rings. The van der Waals surface area contributed by atoms with Crippen molar-refractivity contribution in [2.24, 2.45) is 0 Å². The first-order chi connectivity index (χ1) is 10.8. The van der Waals surface area contributed by atoms with Crippen molar-refractivity contribution in [2.45, 2.75) is 18.9 Å². The number of thiophene rings is 1. The molecule has 22 heavy (non-hydrogen) atoms. The number of carbonyl (C=O) groups is 1. The van der Waals surface area contributed by atoms with Crippen LogP contribution < -0.4 is 0 Å². The Kier molecular flexibility index (Phi) is 5.46. The Morgan fingerprint density at radius 2 is 2.00 bits per heavy atom. The molecule has 0 bridgehead atoms. The highest BCUT2D eigenvalue weighted by molar-refractivity contribution is 7.10. The molecule has 1 N–H and O–H groups in total. The Hall–Kier alpha value is -0.950. The first kappa shape index (κ1) is 15.9. The van der Waals surface area contributed by atoms with E-state index < -0.39 is 0 Å². The fourth-order valence-corrected chi connectivity index (χ4v) is 4.31. The highest BCUT2D eigenvalue weighted by atomic mass is 32.1. The maximum absolute atomic E-state index is 12.7. The van der Waals surface area contributed by atoms with Crippen molar-refractivity contribution in [2.75, 3.05) is 52.4 Å². The molecule has 1 atom stereocenters. The van der Waals surface area contributed by atoms with E-state index in [1.54, 1.807) is 11.3 Å². The molecular formula is C16H25N3O2S. The Labute approximate surface area is 136 Å². The van der Waals surface area contributed by atoms with Crippen LogP contribution in [-0.4, -0.2) is 78.1 Å². The van der Waals surface area contributed by atoms with Gasteiger partial charge in [-0.15, -0.1) is 11.3 Å². The average Bonchev–Trinajstić information content (AvgIpc) is 3.20. The molecule has 2 saturated heterocycles. The summed E-state index contributed by atoms with van der Waals surface area (Å²) in [7, 11) is 0. The number of hydrogen-bond donors (Lipinski definition) is 1. The monoisotopic (exact) mass is 323 g/mol. The van der Waals surface area contributed by atoms with Crippen molar-refractivity contribution in [3.05, 3.63) is 22.4 Å². The number of piperazine rings is 1. The number of carbonyl (C=O) groups excluding carboxylic acids is 1. The van der Waals surface area contributed by atoms with E-state index in [-0.39, 0.29) is 12.5 Å². The van der Waals surface area contributed by atoms with Crippen LogP contribution in [0, 0.1) is 0 Å². The first-order valence-electron chi connectivity index (χ1n) is 8.16. The number of β-amino-alcohol motifs (C(OH)–C–C–N with tert-alkyl or cyclic N) is 1. The summed E-state index contributed by atoms with van der Waals surface area (Å²) in [4.78, 5) is 20.6. The molecule has 0 radical (unpaired) electrons. The van der Waals surface area contributed by atoms with Crippen molar-refractivity contribution in [1.29, 1.82) is 0 Å². The van der Waals surface area contributed by atoms with Crippen molar-refractivity contribution in [1.82, 2.24) is 14.7 Å². The normalized spacial score (nSPS) is 24.0. The molecule has 0 unspecified atom stereocenters. The number of hydrogen-bond acceptors (Lipinski definition) is 5. The quantitative estimate of drug-likeness (QED) is 0.879. The van der Waals surface area contributed by atoms with Gasteiger partial charge in [-0.25, -0.2) is 0 Å². The van der Waals surface area contributed by atoms with E-state index in [2.05, 4.69) is 32.2 Å². The van der Waals surface area contributed by atoms with Crippen LogP contribution in [0.25, 0.3) is 0 Å². The van der Waals surface area contributed by atoms with Gasteiger partial charge in [-0.2, -0.15) is 0 Å². The maximum atomic E-state index is 12.7. The van der Waals surface area contributed by atoms with Gasteiger partial charge in [-0.05, 0) is 24.3 Å². The molecule has 6 heteroatoms. The molecule has 0 saturated carbocycles. The third-order valence-corrected chi connectivity index (χ3v) is 5.66. The Balaban J connectivity index is 1.52. The zero-order chi connectivity index (χ0) is 15.4. The molecule has 2 aliphatic rings. The van der Waals surface area contributed by atoms with E-state index in [1.807, 2.05) is 0 Å². The van der Waals surface area contributed by atoms with Crippen LogP contribution >= 0.6 is 11.3 Å². The third-order valence-electron chi connectivity index (χ3n) is 4.68. The van der Waals surface area contributed by atoms with Gasteiger partial charge in [0.25, 0.3) is 0 Å². The summed E-state index contributed by atoms with van der Waals surface area (Å²) >= 11 is 1.76. The second kappa shape index (κ2) is 7.55. The summed E-state index contributed by atoms with van der Waals surface area (Å²) < 4.78 is 0. The molecule has 2 fully saturated rings. The zero-order valence-electron chi connectivity index (χ0n) is 13.0. The second-order valence-electron chi connectivity index (χ2n) is 6.10. The standard InChI is InChI=1S/C16H25N3O2S/c20-11-10-17-6-8-18(9-7-17)13-16(21)19-5-1-3-14(19)15-4-2-12-22-15/h2,4,12,14,20H,1,3,5-11,13H2/t14-/m0/s1. The minimum atomic E-state index is 0.217. The van der Waals surface area contributed by atoms with Gasteiger partial charge in [-0.1, -0.05) is 6.07 Å². The third kappa shape index (κ3) is 3.68. The fourth-order valence-electron chi connectivity index (χ4n) is 3.44. The molecule has 1 amide bonds. The summed E-state index contributed by atoms with van der Waals surface area (Å²) in [5.74, 6) is 0.270. The SMILES string of the molecule is O=C(CN1CCN(CCO)CC1)N1CCC[C@H]1c1cccs1. The van der Waals surface area contributed by atoms with Gasteiger partial charge < -0.3 is 10.0 Å². The van der Waals surface area contributed by atoms with Gasteiger partial charge in [0.15, 0.2) is 0 Å². The first-order valence-corrected chi connectivity index (χ1v) is 9.04. The molecule has 122 valence electrons. The number of aliphatic hydroxyl groups is 1. The van der Waals surface area contributed by atoms with Crippen molar-refractivity contribution in [3.63, 3.8) is 0 Å². The summed E-state index contributed by atoms with van der Waals surface area (Å²) in [5, 5.41) is 11.1. The van der Waals surface area contributed by atoms with Gasteiger partial charge >= 0.3 is 0 Å². The molecule has 3 rings (SSSR count). The van der Waals surface area contributed by atoms with Crippen LogP contribution in [0.3, 0.4) is 0 Å². The molecule has 1 aromatic heterocycles. The minimum Gasteiger partial charge on any atom is -0.395 e. The number of nitrogens with zero attached hydrogens (tertiary/aromatic N) is 3. The summed E-state index contributed by atoms with van der Waals surface area (Å²) in [6, 6.07) is 4.51. The Morgan fingerprint density at radius 3 is 2.68 bits per heavy atom. The van der Waals surface area contributed by atoms with E-state index >= 15 is 0 Å². The molecule has 0 aliphatic carbocycles.